The summed E-state index contributed by atoms with van der Waals surface area (Å²) in [6.45, 7) is 9.86. The van der Waals surface area contributed by atoms with E-state index in [4.69, 9.17) is 10.2 Å². The lowest BCUT2D eigenvalue weighted by molar-refractivity contribution is -0.134. The van der Waals surface area contributed by atoms with Crippen molar-refractivity contribution in [2.45, 2.75) is 40.2 Å². The second kappa shape index (κ2) is 7.17. The van der Waals surface area contributed by atoms with E-state index in [2.05, 4.69) is 13.8 Å². The number of carbonyl (C=O) groups excluding carboxylic acids is 2. The molecule has 1 fully saturated rings. The maximum absolute atomic E-state index is 12.5. The van der Waals surface area contributed by atoms with Gasteiger partial charge in [-0.25, -0.2) is 0 Å². The minimum Gasteiger partial charge on any atom is -0.466 e. The molecule has 128 valence electrons. The lowest BCUT2D eigenvalue weighted by Gasteiger charge is -2.36. The summed E-state index contributed by atoms with van der Waals surface area (Å²) in [6.07, 6.45) is 0.686. The highest BCUT2D eigenvalue weighted by molar-refractivity contribution is 5.95. The molecule has 0 unspecified atom stereocenters. The maximum Gasteiger partial charge on any atom is 0.257 e. The third-order valence-electron chi connectivity index (χ3n) is 4.19. The first-order valence-electron chi connectivity index (χ1n) is 8.20. The van der Waals surface area contributed by atoms with Crippen LogP contribution in [0.2, 0.25) is 0 Å². The van der Waals surface area contributed by atoms with Gasteiger partial charge in [-0.05, 0) is 32.3 Å². The van der Waals surface area contributed by atoms with Gasteiger partial charge in [0.1, 0.15) is 11.5 Å². The molecule has 0 saturated carbocycles. The Morgan fingerprint density at radius 3 is 2.22 bits per heavy atom. The van der Waals surface area contributed by atoms with Crippen molar-refractivity contribution in [2.75, 3.05) is 26.2 Å². The standard InChI is InChI=1S/C17H27N3O3/c1-11(2)9-15(18)17(22)20-7-5-19(6-8-20)16(21)14-10-12(3)23-13(14)4/h10-11,15H,5-9,18H2,1-4H3/t15-/m0/s1. The quantitative estimate of drug-likeness (QED) is 0.912. The van der Waals surface area contributed by atoms with Crippen molar-refractivity contribution in [1.82, 2.24) is 9.80 Å². The first kappa shape index (κ1) is 17.5. The Morgan fingerprint density at radius 1 is 1.17 bits per heavy atom. The number of nitrogens with zero attached hydrogens (tertiary/aromatic N) is 2. The summed E-state index contributed by atoms with van der Waals surface area (Å²) in [5.41, 5.74) is 6.58. The molecule has 0 radical (unpaired) electrons. The Labute approximate surface area is 137 Å². The van der Waals surface area contributed by atoms with Crippen LogP contribution in [0.1, 0.15) is 42.1 Å². The first-order chi connectivity index (χ1) is 10.8. The summed E-state index contributed by atoms with van der Waals surface area (Å²) in [5, 5.41) is 0. The van der Waals surface area contributed by atoms with Crippen LogP contribution in [0, 0.1) is 19.8 Å². The zero-order valence-electron chi connectivity index (χ0n) is 14.5. The molecule has 2 amide bonds. The van der Waals surface area contributed by atoms with Crippen LogP contribution in [0.15, 0.2) is 10.5 Å². The van der Waals surface area contributed by atoms with Crippen molar-refractivity contribution < 1.29 is 14.0 Å². The number of carbonyl (C=O) groups is 2. The topological polar surface area (TPSA) is 79.8 Å². The molecule has 0 aromatic carbocycles. The van der Waals surface area contributed by atoms with Crippen molar-refractivity contribution in [3.8, 4) is 0 Å². The predicted octanol–water partition coefficient (Wildman–Crippen LogP) is 1.55. The van der Waals surface area contributed by atoms with E-state index in [9.17, 15) is 9.59 Å². The average molecular weight is 321 g/mol. The van der Waals surface area contributed by atoms with Gasteiger partial charge in [-0.3, -0.25) is 9.59 Å². The van der Waals surface area contributed by atoms with Gasteiger partial charge in [0.05, 0.1) is 11.6 Å². The Kier molecular flexibility index (Phi) is 5.46. The molecular formula is C17H27N3O3. The van der Waals surface area contributed by atoms with Gasteiger partial charge in [-0.2, -0.15) is 0 Å². The van der Waals surface area contributed by atoms with Gasteiger partial charge in [-0.15, -0.1) is 0 Å². The number of aryl methyl sites for hydroxylation is 2. The van der Waals surface area contributed by atoms with Gasteiger partial charge in [0.15, 0.2) is 0 Å². The fraction of sp³-hybridized carbons (Fsp3) is 0.647. The summed E-state index contributed by atoms with van der Waals surface area (Å²) < 4.78 is 5.43. The van der Waals surface area contributed by atoms with Crippen molar-refractivity contribution in [1.29, 1.82) is 0 Å². The molecule has 2 N–H and O–H groups in total. The third-order valence-corrected chi connectivity index (χ3v) is 4.19. The SMILES string of the molecule is Cc1cc(C(=O)N2CCN(C(=O)[C@@H](N)CC(C)C)CC2)c(C)o1. The Hall–Kier alpha value is -1.82. The molecule has 1 aliphatic rings. The highest BCUT2D eigenvalue weighted by atomic mass is 16.3. The molecule has 6 nitrogen and oxygen atoms in total. The normalized spacial score (nSPS) is 16.8. The lowest BCUT2D eigenvalue weighted by atomic mass is 10.0. The number of nitrogens with two attached hydrogens (primary N) is 1. The Balaban J connectivity index is 1.92. The molecule has 1 saturated heterocycles. The number of hydrogen-bond acceptors (Lipinski definition) is 4. The van der Waals surface area contributed by atoms with Gasteiger partial charge in [0.25, 0.3) is 5.91 Å². The molecule has 23 heavy (non-hydrogen) atoms. The summed E-state index contributed by atoms with van der Waals surface area (Å²) in [5.74, 6) is 1.73. The molecule has 6 heteroatoms. The lowest BCUT2D eigenvalue weighted by Crippen LogP contribution is -2.54. The number of rotatable bonds is 4. The maximum atomic E-state index is 12.5. The van der Waals surface area contributed by atoms with E-state index in [1.165, 1.54) is 0 Å². The molecule has 0 aliphatic carbocycles. The van der Waals surface area contributed by atoms with Crippen LogP contribution >= 0.6 is 0 Å². The van der Waals surface area contributed by atoms with Crippen molar-refractivity contribution >= 4 is 11.8 Å². The van der Waals surface area contributed by atoms with E-state index in [1.807, 2.05) is 6.92 Å². The largest absolute Gasteiger partial charge is 0.466 e. The molecule has 2 rings (SSSR count). The average Bonchev–Trinajstić information content (AvgIpc) is 2.84. The zero-order chi connectivity index (χ0) is 17.1. The van der Waals surface area contributed by atoms with Crippen LogP contribution in [-0.4, -0.2) is 53.8 Å². The molecule has 1 atom stereocenters. The molecule has 2 heterocycles. The predicted molar refractivity (Wildman–Crippen MR) is 88.1 cm³/mol. The minimum atomic E-state index is -0.448. The minimum absolute atomic E-state index is 0.0128. The summed E-state index contributed by atoms with van der Waals surface area (Å²) in [4.78, 5) is 28.4. The highest BCUT2D eigenvalue weighted by Crippen LogP contribution is 2.17. The number of piperazine rings is 1. The van der Waals surface area contributed by atoms with Crippen LogP contribution in [-0.2, 0) is 4.79 Å². The van der Waals surface area contributed by atoms with Gasteiger partial charge in [0, 0.05) is 26.2 Å². The summed E-state index contributed by atoms with van der Waals surface area (Å²) in [6, 6.07) is 1.32. The van der Waals surface area contributed by atoms with Gasteiger partial charge in [0.2, 0.25) is 5.91 Å². The smallest absolute Gasteiger partial charge is 0.257 e. The van der Waals surface area contributed by atoms with Crippen LogP contribution < -0.4 is 5.73 Å². The fourth-order valence-electron chi connectivity index (χ4n) is 2.99. The van der Waals surface area contributed by atoms with Crippen molar-refractivity contribution in [2.24, 2.45) is 11.7 Å². The Bertz CT molecular complexity index is 572. The molecular weight excluding hydrogens is 294 g/mol. The molecule has 1 aromatic rings. The number of hydrogen-bond donors (Lipinski definition) is 1. The summed E-state index contributed by atoms with van der Waals surface area (Å²) >= 11 is 0. The van der Waals surface area contributed by atoms with Crippen LogP contribution in [0.5, 0.6) is 0 Å². The van der Waals surface area contributed by atoms with Crippen molar-refractivity contribution in [3.63, 3.8) is 0 Å². The van der Waals surface area contributed by atoms with Gasteiger partial charge < -0.3 is 20.0 Å². The van der Waals surface area contributed by atoms with E-state index in [0.29, 0.717) is 49.8 Å². The fourth-order valence-corrected chi connectivity index (χ4v) is 2.99. The number of furan rings is 1. The molecule has 0 spiro atoms. The zero-order valence-corrected chi connectivity index (χ0v) is 14.5. The monoisotopic (exact) mass is 321 g/mol. The van der Waals surface area contributed by atoms with E-state index in [1.54, 1.807) is 22.8 Å². The van der Waals surface area contributed by atoms with E-state index >= 15 is 0 Å². The molecule has 0 bridgehead atoms. The second-order valence-electron chi connectivity index (χ2n) is 6.68. The molecule has 1 aromatic heterocycles. The van der Waals surface area contributed by atoms with Crippen LogP contribution in [0.25, 0.3) is 0 Å². The Morgan fingerprint density at radius 2 is 1.74 bits per heavy atom. The van der Waals surface area contributed by atoms with E-state index in [-0.39, 0.29) is 11.8 Å². The van der Waals surface area contributed by atoms with Gasteiger partial charge in [-0.1, -0.05) is 13.8 Å². The second-order valence-corrected chi connectivity index (χ2v) is 6.68. The first-order valence-corrected chi connectivity index (χ1v) is 8.20. The van der Waals surface area contributed by atoms with Crippen molar-refractivity contribution in [3.05, 3.63) is 23.2 Å². The highest BCUT2D eigenvalue weighted by Gasteiger charge is 2.29. The van der Waals surface area contributed by atoms with E-state index < -0.39 is 6.04 Å². The van der Waals surface area contributed by atoms with E-state index in [0.717, 1.165) is 5.76 Å². The van der Waals surface area contributed by atoms with Gasteiger partial charge >= 0.3 is 0 Å². The summed E-state index contributed by atoms with van der Waals surface area (Å²) in [7, 11) is 0. The molecule has 1 aliphatic heterocycles. The third kappa shape index (κ3) is 4.13. The van der Waals surface area contributed by atoms with Crippen LogP contribution in [0.3, 0.4) is 0 Å². The van der Waals surface area contributed by atoms with Crippen LogP contribution in [0.4, 0.5) is 0 Å². The number of amides is 2.